The van der Waals surface area contributed by atoms with Crippen molar-refractivity contribution in [2.24, 2.45) is 11.1 Å². The van der Waals surface area contributed by atoms with Gasteiger partial charge < -0.3 is 10.8 Å². The Morgan fingerprint density at radius 1 is 1.00 bits per heavy atom. The molecule has 0 bridgehead atoms. The van der Waals surface area contributed by atoms with Crippen molar-refractivity contribution in [3.05, 3.63) is 0 Å². The van der Waals surface area contributed by atoms with E-state index in [-0.39, 0.29) is 24.7 Å². The van der Waals surface area contributed by atoms with Gasteiger partial charge in [0.15, 0.2) is 0 Å². The second-order valence-electron chi connectivity index (χ2n) is 6.91. The van der Waals surface area contributed by atoms with Gasteiger partial charge in [0.1, 0.15) is 0 Å². The normalized spacial score (nSPS) is 44.8. The van der Waals surface area contributed by atoms with Gasteiger partial charge in [-0.05, 0) is 37.5 Å². The third-order valence-electron chi connectivity index (χ3n) is 4.65. The molecule has 2 aliphatic rings. The molecule has 2 rings (SSSR count). The Morgan fingerprint density at radius 3 is 2.12 bits per heavy atom. The van der Waals surface area contributed by atoms with Crippen LogP contribution < -0.4 is 5.73 Å². The lowest BCUT2D eigenvalue weighted by atomic mass is 9.62. The van der Waals surface area contributed by atoms with Gasteiger partial charge in [0.2, 0.25) is 5.92 Å². The SMILES string of the molecule is CC1(C)CCCC(O)(C2(N)CCC(F)(F)C2)C1. The molecule has 100 valence electrons. The first kappa shape index (κ1) is 13.2. The van der Waals surface area contributed by atoms with Crippen molar-refractivity contribution >= 4 is 0 Å². The monoisotopic (exact) mass is 247 g/mol. The highest BCUT2D eigenvalue weighted by Gasteiger charge is 2.59. The largest absolute Gasteiger partial charge is 0.388 e. The first-order valence-corrected chi connectivity index (χ1v) is 6.47. The molecule has 3 N–H and O–H groups in total. The molecule has 2 fully saturated rings. The topological polar surface area (TPSA) is 46.2 Å². The Balaban J connectivity index is 2.21. The molecule has 0 spiro atoms. The fraction of sp³-hybridized carbons (Fsp3) is 1.00. The van der Waals surface area contributed by atoms with E-state index in [1.807, 2.05) is 0 Å². The van der Waals surface area contributed by atoms with Crippen molar-refractivity contribution in [3.63, 3.8) is 0 Å². The van der Waals surface area contributed by atoms with Crippen molar-refractivity contribution in [1.29, 1.82) is 0 Å². The summed E-state index contributed by atoms with van der Waals surface area (Å²) < 4.78 is 26.7. The minimum atomic E-state index is -2.70. The molecule has 17 heavy (non-hydrogen) atoms. The van der Waals surface area contributed by atoms with Crippen LogP contribution in [0, 0.1) is 5.41 Å². The van der Waals surface area contributed by atoms with Crippen molar-refractivity contribution in [3.8, 4) is 0 Å². The number of rotatable bonds is 1. The van der Waals surface area contributed by atoms with E-state index >= 15 is 0 Å². The number of aliphatic hydroxyl groups is 1. The van der Waals surface area contributed by atoms with E-state index in [0.717, 1.165) is 12.8 Å². The summed E-state index contributed by atoms with van der Waals surface area (Å²) in [5.41, 5.74) is 3.91. The quantitative estimate of drug-likeness (QED) is 0.748. The molecule has 0 aromatic rings. The summed E-state index contributed by atoms with van der Waals surface area (Å²) in [5.74, 6) is -2.70. The summed E-state index contributed by atoms with van der Waals surface area (Å²) in [6.07, 6.45) is 2.66. The molecule has 0 aromatic carbocycles. The average molecular weight is 247 g/mol. The fourth-order valence-corrected chi connectivity index (χ4v) is 3.69. The van der Waals surface area contributed by atoms with E-state index in [4.69, 9.17) is 5.73 Å². The molecule has 2 unspecified atom stereocenters. The minimum Gasteiger partial charge on any atom is -0.388 e. The Hall–Kier alpha value is -0.220. The third kappa shape index (κ3) is 2.34. The zero-order chi connectivity index (χ0) is 12.9. The molecule has 0 heterocycles. The smallest absolute Gasteiger partial charge is 0.250 e. The minimum absolute atomic E-state index is 0.00273. The van der Waals surface area contributed by atoms with E-state index in [1.54, 1.807) is 0 Å². The van der Waals surface area contributed by atoms with Gasteiger partial charge in [0.05, 0.1) is 11.1 Å². The maximum atomic E-state index is 13.4. The molecule has 0 radical (unpaired) electrons. The molecular formula is C13H23F2NO. The number of nitrogens with two attached hydrogens (primary N) is 1. The third-order valence-corrected chi connectivity index (χ3v) is 4.65. The van der Waals surface area contributed by atoms with Crippen LogP contribution in [0.4, 0.5) is 8.78 Å². The number of hydrogen-bond donors (Lipinski definition) is 2. The first-order chi connectivity index (χ1) is 7.58. The van der Waals surface area contributed by atoms with Crippen LogP contribution in [-0.2, 0) is 0 Å². The Morgan fingerprint density at radius 2 is 1.65 bits per heavy atom. The van der Waals surface area contributed by atoms with Crippen LogP contribution in [0.15, 0.2) is 0 Å². The summed E-state index contributed by atoms with van der Waals surface area (Å²) in [4.78, 5) is 0. The summed E-state index contributed by atoms with van der Waals surface area (Å²) in [5, 5.41) is 10.7. The first-order valence-electron chi connectivity index (χ1n) is 6.47. The zero-order valence-electron chi connectivity index (χ0n) is 10.7. The van der Waals surface area contributed by atoms with E-state index in [0.29, 0.717) is 12.8 Å². The second kappa shape index (κ2) is 3.64. The van der Waals surface area contributed by atoms with Crippen molar-refractivity contribution in [2.45, 2.75) is 75.9 Å². The summed E-state index contributed by atoms with van der Waals surface area (Å²) >= 11 is 0. The highest BCUT2D eigenvalue weighted by Crippen LogP contribution is 2.53. The summed E-state index contributed by atoms with van der Waals surface area (Å²) in [6, 6.07) is 0. The highest BCUT2D eigenvalue weighted by molar-refractivity contribution is 5.12. The maximum Gasteiger partial charge on any atom is 0.250 e. The van der Waals surface area contributed by atoms with Crippen LogP contribution in [0.25, 0.3) is 0 Å². The van der Waals surface area contributed by atoms with Gasteiger partial charge >= 0.3 is 0 Å². The van der Waals surface area contributed by atoms with Crippen LogP contribution in [0.5, 0.6) is 0 Å². The predicted molar refractivity (Wildman–Crippen MR) is 62.9 cm³/mol. The average Bonchev–Trinajstić information content (AvgIpc) is 2.40. The number of halogens is 2. The number of alkyl halides is 2. The zero-order valence-corrected chi connectivity index (χ0v) is 10.7. The van der Waals surface area contributed by atoms with Gasteiger partial charge in [-0.2, -0.15) is 0 Å². The molecule has 0 saturated heterocycles. The van der Waals surface area contributed by atoms with Crippen LogP contribution >= 0.6 is 0 Å². The molecule has 4 heteroatoms. The van der Waals surface area contributed by atoms with E-state index in [9.17, 15) is 13.9 Å². The van der Waals surface area contributed by atoms with Gasteiger partial charge in [-0.3, -0.25) is 0 Å². The maximum absolute atomic E-state index is 13.4. The van der Waals surface area contributed by atoms with Gasteiger partial charge in [-0.25, -0.2) is 8.78 Å². The molecule has 2 saturated carbocycles. The lowest BCUT2D eigenvalue weighted by molar-refractivity contribution is -0.105. The van der Waals surface area contributed by atoms with E-state index in [1.165, 1.54) is 0 Å². The standard InChI is InChI=1S/C13H23F2NO/c1-10(2)4-3-5-12(17,8-10)11(16)6-7-13(14,15)9-11/h17H,3-9,16H2,1-2H3. The van der Waals surface area contributed by atoms with E-state index in [2.05, 4.69) is 13.8 Å². The lowest BCUT2D eigenvalue weighted by Gasteiger charge is -2.50. The van der Waals surface area contributed by atoms with Crippen molar-refractivity contribution in [2.75, 3.05) is 0 Å². The summed E-state index contributed by atoms with van der Waals surface area (Å²) in [6.45, 7) is 4.15. The van der Waals surface area contributed by atoms with Crippen LogP contribution in [-0.4, -0.2) is 22.2 Å². The Labute approximate surface area is 102 Å². The van der Waals surface area contributed by atoms with Crippen molar-refractivity contribution in [1.82, 2.24) is 0 Å². The predicted octanol–water partition coefficient (Wildman–Crippen LogP) is 2.83. The Kier molecular flexibility index (Phi) is 2.83. The number of hydrogen-bond acceptors (Lipinski definition) is 2. The molecule has 0 amide bonds. The van der Waals surface area contributed by atoms with Crippen LogP contribution in [0.3, 0.4) is 0 Å². The lowest BCUT2D eigenvalue weighted by Crippen LogP contribution is -2.62. The van der Waals surface area contributed by atoms with Gasteiger partial charge in [-0.15, -0.1) is 0 Å². The fourth-order valence-electron chi connectivity index (χ4n) is 3.69. The summed E-state index contributed by atoms with van der Waals surface area (Å²) in [7, 11) is 0. The second-order valence-corrected chi connectivity index (χ2v) is 6.91. The molecule has 0 aromatic heterocycles. The van der Waals surface area contributed by atoms with Crippen LogP contribution in [0.1, 0.15) is 58.8 Å². The highest BCUT2D eigenvalue weighted by atomic mass is 19.3. The van der Waals surface area contributed by atoms with Gasteiger partial charge in [0.25, 0.3) is 0 Å². The van der Waals surface area contributed by atoms with E-state index < -0.39 is 17.1 Å². The van der Waals surface area contributed by atoms with Gasteiger partial charge in [-0.1, -0.05) is 13.8 Å². The van der Waals surface area contributed by atoms with Crippen molar-refractivity contribution < 1.29 is 13.9 Å². The molecule has 2 atom stereocenters. The van der Waals surface area contributed by atoms with Gasteiger partial charge in [0, 0.05) is 12.8 Å². The molecular weight excluding hydrogens is 224 g/mol. The molecule has 0 aliphatic heterocycles. The molecule has 2 nitrogen and oxygen atoms in total. The molecule has 2 aliphatic carbocycles. The Bertz CT molecular complexity index is 319. The van der Waals surface area contributed by atoms with Crippen LogP contribution in [0.2, 0.25) is 0 Å².